The Balaban J connectivity index is 1.84. The summed E-state index contributed by atoms with van der Waals surface area (Å²) >= 11 is 0. The van der Waals surface area contributed by atoms with Crippen molar-refractivity contribution in [2.75, 3.05) is 6.54 Å². The van der Waals surface area contributed by atoms with Gasteiger partial charge in [0, 0.05) is 18.3 Å². The summed E-state index contributed by atoms with van der Waals surface area (Å²) in [6, 6.07) is 10.3. The number of pyridine rings is 1. The van der Waals surface area contributed by atoms with Crippen LogP contribution in [0.2, 0.25) is 0 Å². The minimum atomic E-state index is -0.193. The van der Waals surface area contributed by atoms with Crippen molar-refractivity contribution in [3.05, 3.63) is 64.1 Å². The van der Waals surface area contributed by atoms with Gasteiger partial charge in [0.2, 0.25) is 5.91 Å². The second-order valence-electron chi connectivity index (χ2n) is 4.89. The minimum Gasteiger partial charge on any atom is -0.508 e. The summed E-state index contributed by atoms with van der Waals surface area (Å²) in [4.78, 5) is 23.6. The van der Waals surface area contributed by atoms with Crippen LogP contribution in [0.4, 0.5) is 0 Å². The van der Waals surface area contributed by atoms with Crippen LogP contribution in [0.3, 0.4) is 0 Å². The molecule has 1 aromatic heterocycles. The van der Waals surface area contributed by atoms with Gasteiger partial charge in [-0.25, -0.2) is 0 Å². The lowest BCUT2D eigenvalue weighted by Gasteiger charge is -2.08. The molecule has 21 heavy (non-hydrogen) atoms. The SMILES string of the molecule is Cc1cccn(CC(=O)NCCc2ccc(O)cc2)c1=O. The molecule has 5 heteroatoms. The van der Waals surface area contributed by atoms with Gasteiger partial charge in [-0.3, -0.25) is 9.59 Å². The van der Waals surface area contributed by atoms with Gasteiger partial charge in [-0.05, 0) is 37.1 Å². The van der Waals surface area contributed by atoms with Crippen molar-refractivity contribution in [3.63, 3.8) is 0 Å². The molecule has 0 radical (unpaired) electrons. The van der Waals surface area contributed by atoms with Gasteiger partial charge in [0.05, 0.1) is 0 Å². The maximum atomic E-state index is 11.8. The van der Waals surface area contributed by atoms with E-state index in [4.69, 9.17) is 0 Å². The number of nitrogens with one attached hydrogen (secondary N) is 1. The van der Waals surface area contributed by atoms with Crippen LogP contribution >= 0.6 is 0 Å². The number of benzene rings is 1. The van der Waals surface area contributed by atoms with Gasteiger partial charge in [-0.15, -0.1) is 0 Å². The number of carbonyl (C=O) groups excluding carboxylic acids is 1. The summed E-state index contributed by atoms with van der Waals surface area (Å²) < 4.78 is 1.39. The first kappa shape index (κ1) is 14.8. The lowest BCUT2D eigenvalue weighted by atomic mass is 10.1. The van der Waals surface area contributed by atoms with Gasteiger partial charge < -0.3 is 15.0 Å². The van der Waals surface area contributed by atoms with Crippen LogP contribution in [0.5, 0.6) is 5.75 Å². The van der Waals surface area contributed by atoms with Crippen molar-refractivity contribution in [1.29, 1.82) is 0 Å². The second-order valence-corrected chi connectivity index (χ2v) is 4.89. The highest BCUT2D eigenvalue weighted by atomic mass is 16.3. The van der Waals surface area contributed by atoms with Gasteiger partial charge in [-0.1, -0.05) is 18.2 Å². The predicted molar refractivity (Wildman–Crippen MR) is 80.3 cm³/mol. The first-order valence-corrected chi connectivity index (χ1v) is 6.77. The van der Waals surface area contributed by atoms with E-state index in [1.54, 1.807) is 37.4 Å². The van der Waals surface area contributed by atoms with E-state index in [-0.39, 0.29) is 23.8 Å². The molecule has 0 unspecified atom stereocenters. The Kier molecular flexibility index (Phi) is 4.77. The van der Waals surface area contributed by atoms with E-state index < -0.39 is 0 Å². The summed E-state index contributed by atoms with van der Waals surface area (Å²) in [6.07, 6.45) is 2.28. The third-order valence-electron chi connectivity index (χ3n) is 3.20. The number of aromatic hydroxyl groups is 1. The normalized spacial score (nSPS) is 10.3. The van der Waals surface area contributed by atoms with E-state index in [2.05, 4.69) is 5.32 Å². The number of aromatic nitrogens is 1. The largest absolute Gasteiger partial charge is 0.508 e. The predicted octanol–water partition coefficient (Wildman–Crippen LogP) is 1.22. The standard InChI is InChI=1S/C16H18N2O3/c1-12-3-2-10-18(16(12)21)11-15(20)17-9-8-13-4-6-14(19)7-5-13/h2-7,10,19H,8-9,11H2,1H3,(H,17,20). The van der Waals surface area contributed by atoms with Gasteiger partial charge in [0.1, 0.15) is 12.3 Å². The minimum absolute atomic E-state index is 0.0239. The molecule has 0 atom stereocenters. The average Bonchev–Trinajstić information content (AvgIpc) is 2.46. The molecular weight excluding hydrogens is 268 g/mol. The van der Waals surface area contributed by atoms with Gasteiger partial charge in [0.25, 0.3) is 5.56 Å². The third-order valence-corrected chi connectivity index (χ3v) is 3.20. The van der Waals surface area contributed by atoms with E-state index in [1.807, 2.05) is 12.1 Å². The van der Waals surface area contributed by atoms with Gasteiger partial charge >= 0.3 is 0 Å². The summed E-state index contributed by atoms with van der Waals surface area (Å²) in [5, 5.41) is 12.0. The number of rotatable bonds is 5. The molecule has 1 aromatic carbocycles. The highest BCUT2D eigenvalue weighted by molar-refractivity contribution is 5.75. The topological polar surface area (TPSA) is 71.3 Å². The fourth-order valence-electron chi connectivity index (χ4n) is 2.00. The van der Waals surface area contributed by atoms with Crippen molar-refractivity contribution in [1.82, 2.24) is 9.88 Å². The zero-order valence-corrected chi connectivity index (χ0v) is 11.9. The molecule has 2 rings (SSSR count). The van der Waals surface area contributed by atoms with E-state index in [9.17, 15) is 14.7 Å². The average molecular weight is 286 g/mol. The zero-order valence-electron chi connectivity index (χ0n) is 11.9. The maximum absolute atomic E-state index is 11.8. The highest BCUT2D eigenvalue weighted by Gasteiger charge is 2.05. The molecule has 0 saturated carbocycles. The summed E-state index contributed by atoms with van der Waals surface area (Å²) in [7, 11) is 0. The molecule has 0 aliphatic carbocycles. The molecule has 2 aromatic rings. The first-order valence-electron chi connectivity index (χ1n) is 6.77. The smallest absolute Gasteiger partial charge is 0.253 e. The molecule has 5 nitrogen and oxygen atoms in total. The molecule has 110 valence electrons. The Morgan fingerprint density at radius 2 is 1.95 bits per heavy atom. The molecule has 0 aliphatic heterocycles. The Bertz CT molecular complexity index is 675. The number of carbonyl (C=O) groups is 1. The maximum Gasteiger partial charge on any atom is 0.253 e. The Morgan fingerprint density at radius 1 is 1.24 bits per heavy atom. The lowest BCUT2D eigenvalue weighted by molar-refractivity contribution is -0.121. The van der Waals surface area contributed by atoms with Gasteiger partial charge in [0.15, 0.2) is 0 Å². The third kappa shape index (κ3) is 4.21. The quantitative estimate of drug-likeness (QED) is 0.868. The number of aryl methyl sites for hydroxylation is 1. The Morgan fingerprint density at radius 3 is 2.67 bits per heavy atom. The van der Waals surface area contributed by atoms with Crippen molar-refractivity contribution in [2.24, 2.45) is 0 Å². The number of phenols is 1. The fourth-order valence-corrected chi connectivity index (χ4v) is 2.00. The summed E-state index contributed by atoms with van der Waals surface area (Å²) in [5.74, 6) is 0.0306. The van der Waals surface area contributed by atoms with Gasteiger partial charge in [-0.2, -0.15) is 0 Å². The van der Waals surface area contributed by atoms with E-state index in [1.165, 1.54) is 4.57 Å². The second kappa shape index (κ2) is 6.74. The van der Waals surface area contributed by atoms with Crippen LogP contribution in [-0.4, -0.2) is 22.1 Å². The Hall–Kier alpha value is -2.56. The summed E-state index contributed by atoms with van der Waals surface area (Å²) in [6.45, 7) is 2.24. The number of phenolic OH excluding ortho intramolecular Hbond substituents is 1. The van der Waals surface area contributed by atoms with Crippen LogP contribution in [0, 0.1) is 6.92 Å². The van der Waals surface area contributed by atoms with E-state index in [0.29, 0.717) is 18.5 Å². The monoisotopic (exact) mass is 286 g/mol. The Labute approximate surface area is 122 Å². The molecule has 0 aliphatic rings. The van der Waals surface area contributed by atoms with E-state index >= 15 is 0 Å². The molecule has 1 heterocycles. The lowest BCUT2D eigenvalue weighted by Crippen LogP contribution is -2.33. The molecule has 0 saturated heterocycles. The van der Waals surface area contributed by atoms with Crippen LogP contribution < -0.4 is 10.9 Å². The van der Waals surface area contributed by atoms with Crippen molar-refractivity contribution in [2.45, 2.75) is 19.9 Å². The zero-order chi connectivity index (χ0) is 15.2. The van der Waals surface area contributed by atoms with Crippen molar-refractivity contribution < 1.29 is 9.90 Å². The molecular formula is C16H18N2O3. The fraction of sp³-hybridized carbons (Fsp3) is 0.250. The van der Waals surface area contributed by atoms with Crippen LogP contribution in [0.25, 0.3) is 0 Å². The van der Waals surface area contributed by atoms with Crippen LogP contribution in [0.15, 0.2) is 47.4 Å². The van der Waals surface area contributed by atoms with Crippen molar-refractivity contribution >= 4 is 5.91 Å². The highest BCUT2D eigenvalue weighted by Crippen LogP contribution is 2.09. The van der Waals surface area contributed by atoms with Crippen LogP contribution in [0.1, 0.15) is 11.1 Å². The molecule has 2 N–H and O–H groups in total. The van der Waals surface area contributed by atoms with E-state index in [0.717, 1.165) is 5.56 Å². The number of amides is 1. The molecule has 1 amide bonds. The first-order chi connectivity index (χ1) is 10.1. The van der Waals surface area contributed by atoms with Crippen LogP contribution in [-0.2, 0) is 17.8 Å². The number of nitrogens with zero attached hydrogens (tertiary/aromatic N) is 1. The summed E-state index contributed by atoms with van der Waals surface area (Å²) in [5.41, 5.74) is 1.50. The van der Waals surface area contributed by atoms with Crippen molar-refractivity contribution in [3.8, 4) is 5.75 Å². The molecule has 0 bridgehead atoms. The number of hydrogen-bond acceptors (Lipinski definition) is 3. The molecule has 0 spiro atoms. The number of hydrogen-bond donors (Lipinski definition) is 2. The molecule has 0 fully saturated rings.